The third-order valence-corrected chi connectivity index (χ3v) is 3.13. The molecule has 6 nitrogen and oxygen atoms in total. The molecule has 122 valence electrons. The van der Waals surface area contributed by atoms with Crippen LogP contribution in [0.1, 0.15) is 31.9 Å². The van der Waals surface area contributed by atoms with Crippen LogP contribution < -0.4 is 5.32 Å². The van der Waals surface area contributed by atoms with Gasteiger partial charge in [-0.2, -0.15) is 5.10 Å². The fourth-order valence-corrected chi connectivity index (χ4v) is 2.40. The number of aryl methyl sites for hydroxylation is 2. The van der Waals surface area contributed by atoms with Crippen molar-refractivity contribution in [1.29, 1.82) is 0 Å². The van der Waals surface area contributed by atoms with E-state index in [9.17, 15) is 4.79 Å². The molecule has 0 aliphatic carbocycles. The number of nitrogens with zero attached hydrogens (tertiary/aromatic N) is 3. The molecule has 0 saturated heterocycles. The Morgan fingerprint density at radius 3 is 2.35 bits per heavy atom. The molecule has 2 rings (SSSR count). The van der Waals surface area contributed by atoms with Crippen molar-refractivity contribution < 1.29 is 9.53 Å². The second-order valence-electron chi connectivity index (χ2n) is 6.22. The topological polar surface area (TPSA) is 77.0 Å². The van der Waals surface area contributed by atoms with Gasteiger partial charge in [0.25, 0.3) is 0 Å². The van der Waals surface area contributed by atoms with E-state index in [0.717, 1.165) is 16.7 Å². The normalized spacial score (nSPS) is 11.2. The number of benzene rings is 1. The first-order valence-corrected chi connectivity index (χ1v) is 7.50. The fourth-order valence-electron chi connectivity index (χ4n) is 2.26. The number of rotatable bonds is 2. The minimum absolute atomic E-state index is 0.0947. The average Bonchev–Trinajstić information content (AvgIpc) is 2.35. The van der Waals surface area contributed by atoms with E-state index in [-0.39, 0.29) is 5.28 Å². The summed E-state index contributed by atoms with van der Waals surface area (Å²) < 4.78 is 5.25. The summed E-state index contributed by atoms with van der Waals surface area (Å²) in [7, 11) is 0. The van der Waals surface area contributed by atoms with E-state index in [2.05, 4.69) is 20.5 Å². The van der Waals surface area contributed by atoms with Gasteiger partial charge in [0, 0.05) is 11.3 Å². The highest BCUT2D eigenvalue weighted by Gasteiger charge is 2.17. The predicted molar refractivity (Wildman–Crippen MR) is 89.6 cm³/mol. The van der Waals surface area contributed by atoms with Crippen LogP contribution in [0.15, 0.2) is 18.3 Å². The van der Waals surface area contributed by atoms with E-state index in [1.807, 2.05) is 46.8 Å². The Morgan fingerprint density at radius 2 is 1.83 bits per heavy atom. The number of amides is 1. The van der Waals surface area contributed by atoms with Crippen LogP contribution in [0.2, 0.25) is 5.28 Å². The molecule has 0 fully saturated rings. The predicted octanol–water partition coefficient (Wildman–Crippen LogP) is 4.16. The Balaban J connectivity index is 2.29. The molecule has 1 N–H and O–H groups in total. The summed E-state index contributed by atoms with van der Waals surface area (Å²) in [4.78, 5) is 16.1. The van der Waals surface area contributed by atoms with E-state index in [0.29, 0.717) is 11.4 Å². The van der Waals surface area contributed by atoms with Crippen LogP contribution in [0.3, 0.4) is 0 Å². The first kappa shape index (κ1) is 17.1. The zero-order valence-electron chi connectivity index (χ0n) is 13.8. The molecule has 1 heterocycles. The number of hydrogen-bond acceptors (Lipinski definition) is 5. The quantitative estimate of drug-likeness (QED) is 0.892. The second-order valence-corrected chi connectivity index (χ2v) is 6.56. The van der Waals surface area contributed by atoms with E-state index in [1.165, 1.54) is 0 Å². The number of carbonyl (C=O) groups excluding carboxylic acids is 1. The fraction of sp³-hybridized carbons (Fsp3) is 0.375. The smallest absolute Gasteiger partial charge is 0.412 e. The number of ether oxygens (including phenoxy) is 1. The van der Waals surface area contributed by atoms with Crippen molar-refractivity contribution in [2.24, 2.45) is 0 Å². The number of anilines is 1. The lowest BCUT2D eigenvalue weighted by Crippen LogP contribution is -2.27. The molecular weight excluding hydrogens is 316 g/mol. The lowest BCUT2D eigenvalue weighted by Gasteiger charge is -2.20. The molecule has 1 amide bonds. The van der Waals surface area contributed by atoms with Crippen molar-refractivity contribution in [2.75, 3.05) is 5.32 Å². The highest BCUT2D eigenvalue weighted by molar-refractivity contribution is 6.28. The molecule has 0 aliphatic heterocycles. The molecule has 7 heteroatoms. The van der Waals surface area contributed by atoms with Crippen LogP contribution in [0.25, 0.3) is 11.3 Å². The Hall–Kier alpha value is -2.21. The maximum absolute atomic E-state index is 11.9. The second kappa shape index (κ2) is 6.50. The van der Waals surface area contributed by atoms with Crippen molar-refractivity contribution in [3.8, 4) is 11.3 Å². The Kier molecular flexibility index (Phi) is 4.85. The van der Waals surface area contributed by atoms with Gasteiger partial charge in [0.1, 0.15) is 5.60 Å². The first-order valence-electron chi connectivity index (χ1n) is 7.12. The number of hydrogen-bond donors (Lipinski definition) is 1. The maximum atomic E-state index is 11.9. The van der Waals surface area contributed by atoms with Gasteiger partial charge in [0.05, 0.1) is 11.9 Å². The van der Waals surface area contributed by atoms with E-state index >= 15 is 0 Å². The maximum Gasteiger partial charge on any atom is 0.412 e. The van der Waals surface area contributed by atoms with Gasteiger partial charge in [-0.05, 0) is 69.5 Å². The van der Waals surface area contributed by atoms with Crippen molar-refractivity contribution in [2.45, 2.75) is 40.2 Å². The van der Waals surface area contributed by atoms with Gasteiger partial charge in [-0.25, -0.2) is 9.78 Å². The highest BCUT2D eigenvalue weighted by atomic mass is 35.5. The van der Waals surface area contributed by atoms with Gasteiger partial charge >= 0.3 is 6.09 Å². The highest BCUT2D eigenvalue weighted by Crippen LogP contribution is 2.29. The van der Waals surface area contributed by atoms with Gasteiger partial charge in [-0.3, -0.25) is 5.32 Å². The Morgan fingerprint density at radius 1 is 1.22 bits per heavy atom. The summed E-state index contributed by atoms with van der Waals surface area (Å²) in [6.07, 6.45) is 1.07. The number of aromatic nitrogens is 3. The summed E-state index contributed by atoms with van der Waals surface area (Å²) in [6, 6.07) is 3.70. The third-order valence-electron chi connectivity index (χ3n) is 2.97. The van der Waals surface area contributed by atoms with E-state index in [1.54, 1.807) is 6.20 Å². The Bertz CT molecular complexity index is 718. The molecule has 0 atom stereocenters. The number of nitrogens with one attached hydrogen (secondary N) is 1. The number of carbonyl (C=O) groups is 1. The molecule has 0 radical (unpaired) electrons. The summed E-state index contributed by atoms with van der Waals surface area (Å²) in [5, 5.41) is 10.3. The lowest BCUT2D eigenvalue weighted by atomic mass is 9.99. The summed E-state index contributed by atoms with van der Waals surface area (Å²) in [5.74, 6) is 0. The van der Waals surface area contributed by atoms with Crippen LogP contribution >= 0.6 is 11.6 Å². The molecule has 1 aromatic carbocycles. The largest absolute Gasteiger partial charge is 0.444 e. The van der Waals surface area contributed by atoms with E-state index < -0.39 is 11.7 Å². The van der Waals surface area contributed by atoms with E-state index in [4.69, 9.17) is 16.3 Å². The van der Waals surface area contributed by atoms with Gasteiger partial charge in [0.15, 0.2) is 0 Å². The van der Waals surface area contributed by atoms with Crippen molar-refractivity contribution >= 4 is 23.4 Å². The minimum atomic E-state index is -0.544. The molecule has 0 saturated carbocycles. The molecule has 23 heavy (non-hydrogen) atoms. The number of halogens is 1. The standard InChI is InChI=1S/C16H19ClN4O2/c1-9-6-11(19-15(22)23-16(3,4)5)7-10(2)13(9)12-8-18-21-14(17)20-12/h6-8H,1-5H3,(H,19,22). The van der Waals surface area contributed by atoms with Gasteiger partial charge in [-0.15, -0.1) is 5.10 Å². The minimum Gasteiger partial charge on any atom is -0.444 e. The lowest BCUT2D eigenvalue weighted by molar-refractivity contribution is 0.0636. The molecule has 0 aliphatic rings. The van der Waals surface area contributed by atoms with Crippen LogP contribution in [0.5, 0.6) is 0 Å². The average molecular weight is 335 g/mol. The zero-order chi connectivity index (χ0) is 17.2. The molecular formula is C16H19ClN4O2. The zero-order valence-corrected chi connectivity index (χ0v) is 14.5. The molecule has 0 bridgehead atoms. The Labute approximate surface area is 140 Å². The van der Waals surface area contributed by atoms with Gasteiger partial charge < -0.3 is 4.74 Å². The summed E-state index contributed by atoms with van der Waals surface area (Å²) in [5.41, 5.74) is 3.55. The monoisotopic (exact) mass is 334 g/mol. The molecule has 1 aromatic heterocycles. The molecule has 2 aromatic rings. The molecule has 0 unspecified atom stereocenters. The van der Waals surface area contributed by atoms with Crippen LogP contribution in [-0.4, -0.2) is 26.9 Å². The summed E-state index contributed by atoms with van der Waals surface area (Å²) in [6.45, 7) is 9.31. The van der Waals surface area contributed by atoms with Crippen LogP contribution in [0, 0.1) is 13.8 Å². The van der Waals surface area contributed by atoms with Gasteiger partial charge in [0.2, 0.25) is 5.28 Å². The van der Waals surface area contributed by atoms with Crippen molar-refractivity contribution in [3.05, 3.63) is 34.7 Å². The van der Waals surface area contributed by atoms with Crippen molar-refractivity contribution in [1.82, 2.24) is 15.2 Å². The van der Waals surface area contributed by atoms with Crippen molar-refractivity contribution in [3.63, 3.8) is 0 Å². The molecule has 0 spiro atoms. The van der Waals surface area contributed by atoms with Crippen LogP contribution in [0.4, 0.5) is 10.5 Å². The van der Waals surface area contributed by atoms with Gasteiger partial charge in [-0.1, -0.05) is 0 Å². The van der Waals surface area contributed by atoms with Crippen LogP contribution in [-0.2, 0) is 4.74 Å². The third kappa shape index (κ3) is 4.63. The summed E-state index contributed by atoms with van der Waals surface area (Å²) >= 11 is 5.80. The SMILES string of the molecule is Cc1cc(NC(=O)OC(C)(C)C)cc(C)c1-c1cnnc(Cl)n1. The first-order chi connectivity index (χ1) is 10.7.